The van der Waals surface area contributed by atoms with Crippen LogP contribution in [0.1, 0.15) is 38.7 Å². The Balaban J connectivity index is 2.60. The lowest BCUT2D eigenvalue weighted by Crippen LogP contribution is -1.91. The van der Waals surface area contributed by atoms with Gasteiger partial charge < -0.3 is 0 Å². The van der Waals surface area contributed by atoms with Gasteiger partial charge in [0.25, 0.3) is 0 Å². The molecule has 0 heterocycles. The second kappa shape index (κ2) is 7.50. The molecule has 0 saturated carbocycles. The Morgan fingerprint density at radius 1 is 1.19 bits per heavy atom. The number of unbranched alkanes of at least 4 members (excludes halogenated alkanes) is 1. The SMILES string of the molecule is CCCCSC(CC)=Nc1ccc(C)cc1. The van der Waals surface area contributed by atoms with Crippen molar-refractivity contribution < 1.29 is 0 Å². The van der Waals surface area contributed by atoms with Gasteiger partial charge in [-0.25, -0.2) is 4.99 Å². The van der Waals surface area contributed by atoms with Crippen molar-refractivity contribution in [1.29, 1.82) is 0 Å². The molecule has 0 radical (unpaired) electrons. The fourth-order valence-electron chi connectivity index (χ4n) is 1.31. The average molecular weight is 235 g/mol. The summed E-state index contributed by atoms with van der Waals surface area (Å²) in [5.74, 6) is 1.19. The van der Waals surface area contributed by atoms with Crippen molar-refractivity contribution in [2.24, 2.45) is 4.99 Å². The second-order valence-electron chi connectivity index (χ2n) is 3.90. The smallest absolute Gasteiger partial charge is 0.0735 e. The van der Waals surface area contributed by atoms with E-state index in [-0.39, 0.29) is 0 Å². The minimum absolute atomic E-state index is 1.03. The van der Waals surface area contributed by atoms with E-state index in [1.165, 1.54) is 29.2 Å². The summed E-state index contributed by atoms with van der Waals surface area (Å²) in [6.45, 7) is 6.50. The molecule has 0 bridgehead atoms. The molecule has 0 aromatic heterocycles. The van der Waals surface area contributed by atoms with Crippen LogP contribution in [0.25, 0.3) is 0 Å². The van der Waals surface area contributed by atoms with Crippen LogP contribution in [0.15, 0.2) is 29.3 Å². The Morgan fingerprint density at radius 3 is 2.44 bits per heavy atom. The number of aryl methyl sites for hydroxylation is 1. The van der Waals surface area contributed by atoms with E-state index >= 15 is 0 Å². The molecule has 16 heavy (non-hydrogen) atoms. The van der Waals surface area contributed by atoms with E-state index in [0.29, 0.717) is 0 Å². The predicted octanol–water partition coefficient (Wildman–Crippen LogP) is 4.97. The zero-order valence-corrected chi connectivity index (χ0v) is 11.3. The van der Waals surface area contributed by atoms with E-state index in [0.717, 1.165) is 12.1 Å². The molecule has 88 valence electrons. The first kappa shape index (κ1) is 13.3. The number of benzene rings is 1. The van der Waals surface area contributed by atoms with Crippen molar-refractivity contribution in [3.8, 4) is 0 Å². The zero-order chi connectivity index (χ0) is 11.8. The highest BCUT2D eigenvalue weighted by Crippen LogP contribution is 2.18. The number of hydrogen-bond acceptors (Lipinski definition) is 2. The van der Waals surface area contributed by atoms with Crippen LogP contribution in [-0.2, 0) is 0 Å². The molecular weight excluding hydrogens is 214 g/mol. The van der Waals surface area contributed by atoms with Gasteiger partial charge in [0.2, 0.25) is 0 Å². The third-order valence-corrected chi connectivity index (χ3v) is 3.56. The van der Waals surface area contributed by atoms with E-state index in [9.17, 15) is 0 Å². The van der Waals surface area contributed by atoms with Crippen LogP contribution in [0.2, 0.25) is 0 Å². The quantitative estimate of drug-likeness (QED) is 0.399. The first-order valence-corrected chi connectivity index (χ1v) is 7.01. The van der Waals surface area contributed by atoms with Crippen LogP contribution in [0, 0.1) is 6.92 Å². The number of hydrogen-bond donors (Lipinski definition) is 0. The summed E-state index contributed by atoms with van der Waals surface area (Å²) in [6.07, 6.45) is 3.56. The van der Waals surface area contributed by atoms with Crippen molar-refractivity contribution >= 4 is 22.5 Å². The van der Waals surface area contributed by atoms with Crippen LogP contribution >= 0.6 is 11.8 Å². The molecule has 0 unspecified atom stereocenters. The molecule has 0 N–H and O–H groups in total. The van der Waals surface area contributed by atoms with Gasteiger partial charge in [-0.2, -0.15) is 0 Å². The zero-order valence-electron chi connectivity index (χ0n) is 10.5. The minimum Gasteiger partial charge on any atom is -0.247 e. The van der Waals surface area contributed by atoms with E-state index in [2.05, 4.69) is 50.0 Å². The number of thioether (sulfide) groups is 1. The number of nitrogens with zero attached hydrogens (tertiary/aromatic N) is 1. The Kier molecular flexibility index (Phi) is 6.24. The third-order valence-electron chi connectivity index (χ3n) is 2.36. The van der Waals surface area contributed by atoms with E-state index in [1.807, 2.05) is 11.8 Å². The molecule has 1 nitrogen and oxygen atoms in total. The summed E-state index contributed by atoms with van der Waals surface area (Å²) in [7, 11) is 0. The van der Waals surface area contributed by atoms with Crippen LogP contribution in [0.5, 0.6) is 0 Å². The molecular formula is C14H21NS. The normalized spacial score (nSPS) is 11.8. The maximum Gasteiger partial charge on any atom is 0.0735 e. The summed E-state index contributed by atoms with van der Waals surface area (Å²) in [5.41, 5.74) is 2.36. The Bertz CT molecular complexity index is 327. The predicted molar refractivity (Wildman–Crippen MR) is 75.9 cm³/mol. The molecule has 2 heteroatoms. The van der Waals surface area contributed by atoms with Gasteiger partial charge in [-0.05, 0) is 37.7 Å². The van der Waals surface area contributed by atoms with Crippen LogP contribution in [-0.4, -0.2) is 10.8 Å². The topological polar surface area (TPSA) is 12.4 Å². The first-order chi connectivity index (χ1) is 7.76. The number of aliphatic imine (C=N–C) groups is 1. The molecule has 0 aliphatic carbocycles. The lowest BCUT2D eigenvalue weighted by atomic mass is 10.2. The van der Waals surface area contributed by atoms with Crippen molar-refractivity contribution in [2.75, 3.05) is 5.75 Å². The third kappa shape index (κ3) is 4.84. The highest BCUT2D eigenvalue weighted by atomic mass is 32.2. The highest BCUT2D eigenvalue weighted by Gasteiger charge is 1.98. The monoisotopic (exact) mass is 235 g/mol. The van der Waals surface area contributed by atoms with Gasteiger partial charge in [-0.1, -0.05) is 38.0 Å². The lowest BCUT2D eigenvalue weighted by molar-refractivity contribution is 0.898. The van der Waals surface area contributed by atoms with E-state index in [1.54, 1.807) is 0 Å². The van der Waals surface area contributed by atoms with Gasteiger partial charge in [0.1, 0.15) is 0 Å². The fourth-order valence-corrected chi connectivity index (χ4v) is 2.35. The van der Waals surface area contributed by atoms with Crippen LogP contribution in [0.4, 0.5) is 5.69 Å². The summed E-state index contributed by atoms with van der Waals surface area (Å²) in [5, 5.41) is 1.25. The molecule has 1 aromatic carbocycles. The summed E-state index contributed by atoms with van der Waals surface area (Å²) in [6, 6.07) is 8.41. The Labute approximate surface area is 103 Å². The van der Waals surface area contributed by atoms with Gasteiger partial charge >= 0.3 is 0 Å². The van der Waals surface area contributed by atoms with Crippen molar-refractivity contribution in [3.63, 3.8) is 0 Å². The van der Waals surface area contributed by atoms with E-state index < -0.39 is 0 Å². The van der Waals surface area contributed by atoms with Gasteiger partial charge in [-0.3, -0.25) is 0 Å². The van der Waals surface area contributed by atoms with Gasteiger partial charge in [-0.15, -0.1) is 11.8 Å². The van der Waals surface area contributed by atoms with Gasteiger partial charge in [0.05, 0.1) is 10.7 Å². The van der Waals surface area contributed by atoms with Gasteiger partial charge in [0.15, 0.2) is 0 Å². The molecule has 0 amide bonds. The Hall–Kier alpha value is -0.760. The number of rotatable bonds is 5. The highest BCUT2D eigenvalue weighted by molar-refractivity contribution is 8.13. The fraction of sp³-hybridized carbons (Fsp3) is 0.500. The molecule has 0 atom stereocenters. The maximum absolute atomic E-state index is 4.67. The molecule has 0 fully saturated rings. The molecule has 1 rings (SSSR count). The van der Waals surface area contributed by atoms with Crippen LogP contribution in [0.3, 0.4) is 0 Å². The summed E-state index contributed by atoms with van der Waals surface area (Å²) >= 11 is 1.90. The van der Waals surface area contributed by atoms with Crippen molar-refractivity contribution in [2.45, 2.75) is 40.0 Å². The van der Waals surface area contributed by atoms with Crippen LogP contribution < -0.4 is 0 Å². The van der Waals surface area contributed by atoms with Crippen molar-refractivity contribution in [3.05, 3.63) is 29.8 Å². The Morgan fingerprint density at radius 2 is 1.88 bits per heavy atom. The second-order valence-corrected chi connectivity index (χ2v) is 5.06. The molecule has 0 saturated heterocycles. The summed E-state index contributed by atoms with van der Waals surface area (Å²) < 4.78 is 0. The van der Waals surface area contributed by atoms with E-state index in [4.69, 9.17) is 0 Å². The molecule has 1 aromatic rings. The molecule has 0 spiro atoms. The maximum atomic E-state index is 4.67. The van der Waals surface area contributed by atoms with Crippen molar-refractivity contribution in [1.82, 2.24) is 0 Å². The lowest BCUT2D eigenvalue weighted by Gasteiger charge is -2.03. The summed E-state index contributed by atoms with van der Waals surface area (Å²) in [4.78, 5) is 4.67. The first-order valence-electron chi connectivity index (χ1n) is 6.03. The largest absolute Gasteiger partial charge is 0.247 e. The molecule has 0 aliphatic heterocycles. The average Bonchev–Trinajstić information content (AvgIpc) is 2.31. The van der Waals surface area contributed by atoms with Gasteiger partial charge in [0, 0.05) is 0 Å². The minimum atomic E-state index is 1.03. The molecule has 0 aliphatic rings. The standard InChI is InChI=1S/C14H21NS/c1-4-6-11-16-14(5-2)15-13-9-7-12(3)8-10-13/h7-10H,4-6,11H2,1-3H3.